The van der Waals surface area contributed by atoms with Crippen LogP contribution >= 0.6 is 0 Å². The van der Waals surface area contributed by atoms with Gasteiger partial charge in [0.15, 0.2) is 5.82 Å². The lowest BCUT2D eigenvalue weighted by Gasteiger charge is -2.20. The number of rotatable bonds is 5. The van der Waals surface area contributed by atoms with Crippen molar-refractivity contribution in [3.05, 3.63) is 42.2 Å². The molecule has 1 aliphatic rings. The lowest BCUT2D eigenvalue weighted by molar-refractivity contribution is 0.0636. The maximum atomic E-state index is 12.6. The van der Waals surface area contributed by atoms with E-state index >= 15 is 0 Å². The Balaban J connectivity index is 1.70. The maximum Gasteiger partial charge on any atom is 0.412 e. The van der Waals surface area contributed by atoms with Crippen LogP contribution < -0.4 is 16.0 Å². The second-order valence-electron chi connectivity index (χ2n) is 9.36. The smallest absolute Gasteiger partial charge is 0.412 e. The highest BCUT2D eigenvalue weighted by Gasteiger charge is 2.20. The molecule has 1 saturated heterocycles. The molecular weight excluding hydrogens is 448 g/mol. The molecule has 10 nitrogen and oxygen atoms in total. The number of carbonyl (C=O) groups excluding carboxylic acids is 2. The predicted octanol–water partition coefficient (Wildman–Crippen LogP) is 4.51. The molecule has 3 N–H and O–H groups in total. The number of pyridine rings is 1. The zero-order chi connectivity index (χ0) is 25.0. The van der Waals surface area contributed by atoms with Gasteiger partial charge in [-0.05, 0) is 69.0 Å². The Labute approximate surface area is 203 Å². The summed E-state index contributed by atoms with van der Waals surface area (Å²) < 4.78 is 10.7. The quantitative estimate of drug-likeness (QED) is 0.492. The number of hydrogen-bond acceptors (Lipinski definition) is 7. The summed E-state index contributed by atoms with van der Waals surface area (Å²) in [5.41, 5.74) is 3.16. The van der Waals surface area contributed by atoms with Crippen molar-refractivity contribution >= 4 is 34.5 Å². The SMILES string of the molecule is CCc1ccncc1-c1cc(NC(=O)OC(C)(C)C)c2nnc(NC(=O)NC3CCOC3)cc2c1. The fourth-order valence-electron chi connectivity index (χ4n) is 3.86. The van der Waals surface area contributed by atoms with Gasteiger partial charge in [0.2, 0.25) is 0 Å². The molecule has 1 aliphatic heterocycles. The molecule has 184 valence electrons. The Hall–Kier alpha value is -3.79. The van der Waals surface area contributed by atoms with E-state index in [-0.39, 0.29) is 17.9 Å². The summed E-state index contributed by atoms with van der Waals surface area (Å²) in [5.74, 6) is 0.288. The number of anilines is 2. The number of hydrogen-bond donors (Lipinski definition) is 3. The lowest BCUT2D eigenvalue weighted by Crippen LogP contribution is -2.38. The molecule has 2 aromatic heterocycles. The van der Waals surface area contributed by atoms with Crippen LogP contribution in [0, 0.1) is 0 Å². The number of ether oxygens (including phenoxy) is 2. The molecule has 35 heavy (non-hydrogen) atoms. The van der Waals surface area contributed by atoms with Crippen LogP contribution in [0.5, 0.6) is 0 Å². The van der Waals surface area contributed by atoms with Crippen LogP contribution in [-0.2, 0) is 15.9 Å². The largest absolute Gasteiger partial charge is 0.444 e. The summed E-state index contributed by atoms with van der Waals surface area (Å²) in [5, 5.41) is 17.5. The number of nitrogens with one attached hydrogen (secondary N) is 3. The van der Waals surface area contributed by atoms with Gasteiger partial charge in [-0.15, -0.1) is 10.2 Å². The lowest BCUT2D eigenvalue weighted by atomic mass is 9.98. The Morgan fingerprint density at radius 1 is 1.17 bits per heavy atom. The molecule has 4 rings (SSSR count). The number of amides is 3. The molecule has 3 amide bonds. The van der Waals surface area contributed by atoms with Crippen molar-refractivity contribution in [2.24, 2.45) is 0 Å². The Morgan fingerprint density at radius 2 is 2.00 bits per heavy atom. The fourth-order valence-corrected chi connectivity index (χ4v) is 3.86. The average molecular weight is 479 g/mol. The van der Waals surface area contributed by atoms with Gasteiger partial charge in [-0.2, -0.15) is 0 Å². The number of aryl methyl sites for hydroxylation is 1. The van der Waals surface area contributed by atoms with Gasteiger partial charge in [-0.3, -0.25) is 15.6 Å². The summed E-state index contributed by atoms with van der Waals surface area (Å²) in [4.78, 5) is 29.2. The van der Waals surface area contributed by atoms with Crippen molar-refractivity contribution in [1.82, 2.24) is 20.5 Å². The number of fused-ring (bicyclic) bond motifs is 1. The molecule has 1 atom stereocenters. The number of urea groups is 1. The summed E-state index contributed by atoms with van der Waals surface area (Å²) >= 11 is 0. The Kier molecular flexibility index (Phi) is 7.11. The first-order chi connectivity index (χ1) is 16.7. The van der Waals surface area contributed by atoms with E-state index in [0.717, 1.165) is 29.5 Å². The number of nitrogens with zero attached hydrogens (tertiary/aromatic N) is 3. The number of benzene rings is 1. The van der Waals surface area contributed by atoms with Crippen molar-refractivity contribution in [3.8, 4) is 11.1 Å². The van der Waals surface area contributed by atoms with E-state index in [1.165, 1.54) is 0 Å². The molecule has 3 heterocycles. The second-order valence-corrected chi connectivity index (χ2v) is 9.36. The first-order valence-electron chi connectivity index (χ1n) is 11.6. The minimum Gasteiger partial charge on any atom is -0.444 e. The maximum absolute atomic E-state index is 12.6. The molecular formula is C25H30N6O4. The molecule has 10 heteroatoms. The van der Waals surface area contributed by atoms with Crippen LogP contribution in [0.1, 0.15) is 39.7 Å². The summed E-state index contributed by atoms with van der Waals surface area (Å²) in [6, 6.07) is 7.05. The third-order valence-electron chi connectivity index (χ3n) is 5.43. The van der Waals surface area contributed by atoms with Gasteiger partial charge >= 0.3 is 12.1 Å². The second kappa shape index (κ2) is 10.2. The van der Waals surface area contributed by atoms with Crippen molar-refractivity contribution in [2.45, 2.75) is 52.2 Å². The third-order valence-corrected chi connectivity index (χ3v) is 5.43. The Bertz CT molecular complexity index is 1230. The van der Waals surface area contributed by atoms with E-state index < -0.39 is 11.7 Å². The number of carbonyl (C=O) groups is 2. The van der Waals surface area contributed by atoms with Gasteiger partial charge in [0.05, 0.1) is 18.3 Å². The molecule has 0 radical (unpaired) electrons. The van der Waals surface area contributed by atoms with E-state index in [4.69, 9.17) is 9.47 Å². The first kappa shape index (κ1) is 24.3. The van der Waals surface area contributed by atoms with Gasteiger partial charge in [0, 0.05) is 30.0 Å². The van der Waals surface area contributed by atoms with Crippen LogP contribution in [0.3, 0.4) is 0 Å². The standard InChI is InChI=1S/C25H30N6O4/c1-5-15-6-8-26-13-19(15)16-10-17-12-21(29-23(32)27-18-7-9-34-14-18)30-31-22(17)20(11-16)28-24(33)35-25(2,3)4/h6,8,10-13,18H,5,7,9,14H2,1-4H3,(H,28,33)(H2,27,29,30,32). The molecule has 1 unspecified atom stereocenters. The van der Waals surface area contributed by atoms with Gasteiger partial charge in [-0.25, -0.2) is 9.59 Å². The monoisotopic (exact) mass is 478 g/mol. The highest BCUT2D eigenvalue weighted by Crippen LogP contribution is 2.32. The molecule has 1 aromatic carbocycles. The van der Waals surface area contributed by atoms with Crippen LogP contribution in [0.15, 0.2) is 36.7 Å². The van der Waals surface area contributed by atoms with E-state index in [1.807, 2.05) is 18.2 Å². The van der Waals surface area contributed by atoms with Gasteiger partial charge in [-0.1, -0.05) is 6.92 Å². The normalized spacial score (nSPS) is 15.6. The number of aromatic nitrogens is 3. The third kappa shape index (κ3) is 6.21. The van der Waals surface area contributed by atoms with Crippen LogP contribution in [0.2, 0.25) is 0 Å². The topological polar surface area (TPSA) is 127 Å². The molecule has 0 bridgehead atoms. The zero-order valence-corrected chi connectivity index (χ0v) is 20.3. The van der Waals surface area contributed by atoms with E-state index in [1.54, 1.807) is 39.2 Å². The highest BCUT2D eigenvalue weighted by atomic mass is 16.6. The summed E-state index contributed by atoms with van der Waals surface area (Å²) in [7, 11) is 0. The molecule has 0 spiro atoms. The fraction of sp³-hybridized carbons (Fsp3) is 0.400. The predicted molar refractivity (Wildman–Crippen MR) is 133 cm³/mol. The van der Waals surface area contributed by atoms with E-state index in [0.29, 0.717) is 29.8 Å². The molecule has 3 aromatic rings. The van der Waals surface area contributed by atoms with Crippen LogP contribution in [0.4, 0.5) is 21.1 Å². The zero-order valence-electron chi connectivity index (χ0n) is 20.3. The highest BCUT2D eigenvalue weighted by molar-refractivity contribution is 6.02. The Morgan fingerprint density at radius 3 is 2.71 bits per heavy atom. The molecule has 0 aliphatic carbocycles. The van der Waals surface area contributed by atoms with E-state index in [9.17, 15) is 9.59 Å². The van der Waals surface area contributed by atoms with Gasteiger partial charge < -0.3 is 14.8 Å². The van der Waals surface area contributed by atoms with Crippen LogP contribution in [-0.4, -0.2) is 52.2 Å². The van der Waals surface area contributed by atoms with Crippen molar-refractivity contribution in [1.29, 1.82) is 0 Å². The van der Waals surface area contributed by atoms with Gasteiger partial charge in [0.1, 0.15) is 11.1 Å². The molecule has 0 saturated carbocycles. The average Bonchev–Trinajstić information content (AvgIpc) is 3.30. The molecule has 1 fully saturated rings. The minimum atomic E-state index is -0.656. The van der Waals surface area contributed by atoms with E-state index in [2.05, 4.69) is 38.1 Å². The first-order valence-corrected chi connectivity index (χ1v) is 11.6. The van der Waals surface area contributed by atoms with Gasteiger partial charge in [0.25, 0.3) is 0 Å². The summed E-state index contributed by atoms with van der Waals surface area (Å²) in [6.45, 7) is 8.58. The van der Waals surface area contributed by atoms with Crippen molar-refractivity contribution in [2.75, 3.05) is 23.8 Å². The summed E-state index contributed by atoms with van der Waals surface area (Å²) in [6.07, 6.45) is 4.54. The minimum absolute atomic E-state index is 0.0299. The van der Waals surface area contributed by atoms with Crippen molar-refractivity contribution in [3.63, 3.8) is 0 Å². The van der Waals surface area contributed by atoms with Crippen molar-refractivity contribution < 1.29 is 19.1 Å². The van der Waals surface area contributed by atoms with Crippen LogP contribution in [0.25, 0.3) is 22.0 Å².